The number of carboxylic acids is 1. The van der Waals surface area contributed by atoms with Crippen LogP contribution in [0.3, 0.4) is 0 Å². The Hall–Kier alpha value is 0.160. The van der Waals surface area contributed by atoms with Crippen LogP contribution in [0.4, 0.5) is 0 Å². The Balaban J connectivity index is 3.32. The number of carbonyl (C=O) groups is 1. The molecule has 48 valence electrons. The minimum absolute atomic E-state index is 0.424. The van der Waals surface area contributed by atoms with Crippen LogP contribution in [0.25, 0.3) is 0 Å². The van der Waals surface area contributed by atoms with Crippen LogP contribution in [0.15, 0.2) is 0 Å². The summed E-state index contributed by atoms with van der Waals surface area (Å²) in [5.74, 6) is -0.804. The van der Waals surface area contributed by atoms with Gasteiger partial charge in [0.05, 0.1) is 0 Å². The molecule has 1 atom stereocenters. The van der Waals surface area contributed by atoms with E-state index in [1.54, 1.807) is 6.92 Å². The summed E-state index contributed by atoms with van der Waals surface area (Å²) in [4.78, 5) is 10.0. The van der Waals surface area contributed by atoms with E-state index >= 15 is 0 Å². The normalized spacial score (nSPS) is 13.2. The Labute approximate surface area is 61.6 Å². The minimum atomic E-state index is -0.804. The van der Waals surface area contributed by atoms with Crippen LogP contribution in [0, 0.1) is 0 Å². The molecule has 2 N–H and O–H groups in total. The summed E-state index contributed by atoms with van der Waals surface area (Å²) in [5, 5.41) is 11.0. The lowest BCUT2D eigenvalue weighted by Gasteiger charge is -2.02. The number of halogens is 1. The third-order valence-corrected chi connectivity index (χ3v) is 1.19. The lowest BCUT2D eigenvalue weighted by molar-refractivity contribution is -0.138. The molecular weight excluding hydrogens is 221 g/mol. The first-order chi connectivity index (χ1) is 3.68. The van der Waals surface area contributed by atoms with Crippen molar-refractivity contribution in [2.24, 2.45) is 0 Å². The van der Waals surface area contributed by atoms with Crippen molar-refractivity contribution in [2.45, 2.75) is 13.0 Å². The molecule has 0 saturated heterocycles. The Morgan fingerprint density at radius 1 is 2.00 bits per heavy atom. The van der Waals surface area contributed by atoms with Crippen molar-refractivity contribution in [2.75, 3.05) is 4.55 Å². The number of carboxylic acid groups (broad SMARTS) is 1. The number of hydrogen-bond donors (Lipinski definition) is 2. The van der Waals surface area contributed by atoms with Crippen molar-refractivity contribution >= 4 is 28.6 Å². The third kappa shape index (κ3) is 3.20. The average molecular weight is 229 g/mol. The van der Waals surface area contributed by atoms with Gasteiger partial charge >= 0.3 is 5.97 Å². The zero-order valence-corrected chi connectivity index (χ0v) is 6.68. The summed E-state index contributed by atoms with van der Waals surface area (Å²) in [6.45, 7) is 1.61. The quantitative estimate of drug-likeness (QED) is 0.419. The number of nitrogens with one attached hydrogen (secondary N) is 1. The summed E-state index contributed by atoms with van der Waals surface area (Å²) >= 11 is 2.06. The molecule has 3 nitrogen and oxygen atoms in total. The minimum Gasteiger partial charge on any atom is -0.480 e. The Morgan fingerprint density at radius 3 is 2.62 bits per heavy atom. The maximum Gasteiger partial charge on any atom is 0.320 e. The SMILES string of the molecule is CC(NCI)C(=O)O. The molecule has 0 aromatic heterocycles. The van der Waals surface area contributed by atoms with E-state index in [1.807, 2.05) is 0 Å². The van der Waals surface area contributed by atoms with Crippen LogP contribution in [0.5, 0.6) is 0 Å². The first-order valence-electron chi connectivity index (χ1n) is 2.20. The van der Waals surface area contributed by atoms with Gasteiger partial charge in [0.15, 0.2) is 0 Å². The maximum absolute atomic E-state index is 10.0. The van der Waals surface area contributed by atoms with E-state index in [-0.39, 0.29) is 0 Å². The zero-order chi connectivity index (χ0) is 6.57. The molecule has 0 amide bonds. The second kappa shape index (κ2) is 4.08. The van der Waals surface area contributed by atoms with Gasteiger partial charge in [0.1, 0.15) is 6.04 Å². The summed E-state index contributed by atoms with van der Waals surface area (Å²) in [5.41, 5.74) is 0. The van der Waals surface area contributed by atoms with Crippen LogP contribution in [-0.4, -0.2) is 21.7 Å². The molecular formula is C4H8INO2. The Morgan fingerprint density at radius 2 is 2.50 bits per heavy atom. The van der Waals surface area contributed by atoms with Crippen molar-refractivity contribution in [3.05, 3.63) is 0 Å². The molecule has 0 aliphatic carbocycles. The van der Waals surface area contributed by atoms with Gasteiger partial charge in [0.2, 0.25) is 0 Å². The topological polar surface area (TPSA) is 49.3 Å². The molecule has 0 fully saturated rings. The largest absolute Gasteiger partial charge is 0.480 e. The lowest BCUT2D eigenvalue weighted by Crippen LogP contribution is -2.32. The Bertz CT molecular complexity index is 86.1. The molecule has 0 bridgehead atoms. The highest BCUT2D eigenvalue weighted by Crippen LogP contribution is 1.82. The van der Waals surface area contributed by atoms with Crippen LogP contribution >= 0.6 is 22.6 Å². The molecule has 0 aromatic carbocycles. The molecule has 4 heteroatoms. The van der Waals surface area contributed by atoms with E-state index in [4.69, 9.17) is 5.11 Å². The number of aliphatic carboxylic acids is 1. The lowest BCUT2D eigenvalue weighted by atomic mass is 10.4. The molecule has 0 spiro atoms. The fourth-order valence-corrected chi connectivity index (χ4v) is 0.864. The van der Waals surface area contributed by atoms with Gasteiger partial charge in [-0.3, -0.25) is 10.1 Å². The summed E-state index contributed by atoms with van der Waals surface area (Å²) in [6.07, 6.45) is 0. The van der Waals surface area contributed by atoms with Gasteiger partial charge in [0.25, 0.3) is 0 Å². The van der Waals surface area contributed by atoms with Crippen molar-refractivity contribution in [3.63, 3.8) is 0 Å². The second-order valence-corrected chi connectivity index (χ2v) is 2.16. The first-order valence-corrected chi connectivity index (χ1v) is 3.73. The van der Waals surface area contributed by atoms with Crippen molar-refractivity contribution in [1.82, 2.24) is 5.32 Å². The maximum atomic E-state index is 10.0. The van der Waals surface area contributed by atoms with Crippen molar-refractivity contribution in [3.8, 4) is 0 Å². The molecule has 1 unspecified atom stereocenters. The van der Waals surface area contributed by atoms with Crippen LogP contribution in [0.1, 0.15) is 6.92 Å². The number of hydrogen-bond acceptors (Lipinski definition) is 2. The van der Waals surface area contributed by atoms with Gasteiger partial charge in [-0.25, -0.2) is 0 Å². The van der Waals surface area contributed by atoms with E-state index < -0.39 is 12.0 Å². The summed E-state index contributed by atoms with van der Waals surface area (Å²) in [6, 6.07) is -0.424. The van der Waals surface area contributed by atoms with E-state index in [1.165, 1.54) is 0 Å². The fourth-order valence-electron chi connectivity index (χ4n) is 0.203. The summed E-state index contributed by atoms with van der Waals surface area (Å²) < 4.78 is 0.672. The highest BCUT2D eigenvalue weighted by Gasteiger charge is 2.06. The van der Waals surface area contributed by atoms with Crippen LogP contribution < -0.4 is 5.32 Å². The van der Waals surface area contributed by atoms with Crippen LogP contribution in [-0.2, 0) is 4.79 Å². The van der Waals surface area contributed by atoms with Gasteiger partial charge in [-0.15, -0.1) is 0 Å². The van der Waals surface area contributed by atoms with Gasteiger partial charge < -0.3 is 5.11 Å². The zero-order valence-electron chi connectivity index (χ0n) is 4.52. The van der Waals surface area contributed by atoms with Crippen LogP contribution in [0.2, 0.25) is 0 Å². The molecule has 0 aliphatic rings. The van der Waals surface area contributed by atoms with E-state index in [0.29, 0.717) is 4.55 Å². The van der Waals surface area contributed by atoms with Gasteiger partial charge in [0, 0.05) is 4.55 Å². The average Bonchev–Trinajstić information content (AvgIpc) is 1.67. The monoisotopic (exact) mass is 229 g/mol. The second-order valence-electron chi connectivity index (χ2n) is 1.40. The molecule has 0 aromatic rings. The smallest absolute Gasteiger partial charge is 0.320 e. The molecule has 0 rings (SSSR count). The predicted octanol–water partition coefficient (Wildman–Crippen LogP) is 0.442. The highest BCUT2D eigenvalue weighted by molar-refractivity contribution is 14.1. The molecule has 0 aliphatic heterocycles. The van der Waals surface area contributed by atoms with Gasteiger partial charge in [-0.1, -0.05) is 22.6 Å². The predicted molar refractivity (Wildman–Crippen MR) is 39.1 cm³/mol. The van der Waals surface area contributed by atoms with Crippen molar-refractivity contribution < 1.29 is 9.90 Å². The van der Waals surface area contributed by atoms with Gasteiger partial charge in [-0.2, -0.15) is 0 Å². The highest BCUT2D eigenvalue weighted by atomic mass is 127. The fraction of sp³-hybridized carbons (Fsp3) is 0.750. The molecule has 8 heavy (non-hydrogen) atoms. The van der Waals surface area contributed by atoms with Crippen molar-refractivity contribution in [1.29, 1.82) is 0 Å². The van der Waals surface area contributed by atoms with Gasteiger partial charge in [-0.05, 0) is 6.92 Å². The van der Waals surface area contributed by atoms with E-state index in [2.05, 4.69) is 27.9 Å². The Kier molecular flexibility index (Phi) is 4.16. The summed E-state index contributed by atoms with van der Waals surface area (Å²) in [7, 11) is 0. The standard InChI is InChI=1S/C4H8INO2/c1-3(4(7)8)6-2-5/h3,6H,2H2,1H3,(H,7,8). The molecule has 0 radical (unpaired) electrons. The number of rotatable bonds is 3. The van der Waals surface area contributed by atoms with E-state index in [9.17, 15) is 4.79 Å². The first kappa shape index (κ1) is 8.16. The molecule has 0 saturated carbocycles. The third-order valence-electron chi connectivity index (χ3n) is 0.754. The number of alkyl halides is 1. The van der Waals surface area contributed by atoms with E-state index in [0.717, 1.165) is 0 Å². The molecule has 0 heterocycles.